The molecular weight excluding hydrogens is 378 g/mol. The number of pyridine rings is 1. The number of ether oxygens (including phenoxy) is 1. The molecule has 30 heavy (non-hydrogen) atoms. The lowest BCUT2D eigenvalue weighted by Gasteiger charge is -2.27. The fourth-order valence-corrected chi connectivity index (χ4v) is 4.47. The van der Waals surface area contributed by atoms with Crippen molar-refractivity contribution in [3.63, 3.8) is 0 Å². The number of hydrogen-bond donors (Lipinski definition) is 0. The molecule has 4 rings (SSSR count). The monoisotopic (exact) mass is 405 g/mol. The molecule has 0 saturated carbocycles. The maximum Gasteiger partial charge on any atom is 0.254 e. The minimum Gasteiger partial charge on any atom is -0.382 e. The highest BCUT2D eigenvalue weighted by atomic mass is 16.5. The molecule has 0 radical (unpaired) electrons. The number of rotatable bonds is 6. The van der Waals surface area contributed by atoms with Crippen molar-refractivity contribution in [2.75, 3.05) is 20.8 Å². The number of likely N-dealkylation sites (N-methyl/N-ethyl adjacent to an activating group) is 1. The molecule has 0 spiro atoms. The van der Waals surface area contributed by atoms with Gasteiger partial charge in [0.05, 0.1) is 24.0 Å². The van der Waals surface area contributed by atoms with Crippen LogP contribution in [-0.2, 0) is 17.7 Å². The van der Waals surface area contributed by atoms with Crippen LogP contribution in [-0.4, -0.2) is 46.9 Å². The molecule has 0 saturated heterocycles. The van der Waals surface area contributed by atoms with Gasteiger partial charge in [-0.2, -0.15) is 0 Å². The largest absolute Gasteiger partial charge is 0.382 e. The number of ketones is 1. The number of nitrogens with zero attached hydrogens (tertiary/aromatic N) is 3. The number of hydrogen-bond acceptors (Lipinski definition) is 4. The lowest BCUT2D eigenvalue weighted by molar-refractivity contribution is 0.0595. The summed E-state index contributed by atoms with van der Waals surface area (Å²) < 4.78 is 7.45. The van der Waals surface area contributed by atoms with Crippen LogP contribution in [0.15, 0.2) is 42.6 Å². The molecule has 3 aromatic rings. The zero-order chi connectivity index (χ0) is 21.3. The number of carbonyl (C=O) groups excluding carboxylic acids is 2. The van der Waals surface area contributed by atoms with E-state index in [1.807, 2.05) is 36.4 Å². The first-order chi connectivity index (χ1) is 14.6. The maximum atomic E-state index is 13.4. The number of methoxy groups -OCH3 is 1. The van der Waals surface area contributed by atoms with Crippen molar-refractivity contribution in [3.05, 3.63) is 65.1 Å². The van der Waals surface area contributed by atoms with Gasteiger partial charge in [-0.1, -0.05) is 6.07 Å². The molecule has 6 nitrogen and oxygen atoms in total. The van der Waals surface area contributed by atoms with Crippen molar-refractivity contribution >= 4 is 22.6 Å². The van der Waals surface area contributed by atoms with E-state index in [2.05, 4.69) is 16.5 Å². The fourth-order valence-electron chi connectivity index (χ4n) is 4.47. The van der Waals surface area contributed by atoms with Gasteiger partial charge in [0.1, 0.15) is 0 Å². The van der Waals surface area contributed by atoms with E-state index in [0.29, 0.717) is 18.6 Å². The third-order valence-electron chi connectivity index (χ3n) is 5.97. The molecular formula is C24H27N3O3. The summed E-state index contributed by atoms with van der Waals surface area (Å²) in [6.45, 7) is 3.15. The van der Waals surface area contributed by atoms with Crippen LogP contribution in [0.3, 0.4) is 0 Å². The summed E-state index contributed by atoms with van der Waals surface area (Å²) in [4.78, 5) is 32.0. The van der Waals surface area contributed by atoms with E-state index < -0.39 is 0 Å². The molecule has 1 aliphatic rings. The van der Waals surface area contributed by atoms with Gasteiger partial charge in [-0.05, 0) is 55.7 Å². The Labute approximate surface area is 176 Å². The van der Waals surface area contributed by atoms with Gasteiger partial charge in [-0.25, -0.2) is 0 Å². The zero-order valence-corrected chi connectivity index (χ0v) is 17.7. The molecule has 0 fully saturated rings. The second-order valence-electron chi connectivity index (χ2n) is 7.72. The quantitative estimate of drug-likeness (QED) is 0.621. The number of benzene rings is 1. The minimum atomic E-state index is -0.282. The highest BCUT2D eigenvalue weighted by molar-refractivity contribution is 6.06. The molecule has 6 heteroatoms. The maximum absolute atomic E-state index is 13.4. The highest BCUT2D eigenvalue weighted by Gasteiger charge is 2.28. The Morgan fingerprint density at radius 2 is 2.10 bits per heavy atom. The van der Waals surface area contributed by atoms with Gasteiger partial charge >= 0.3 is 0 Å². The van der Waals surface area contributed by atoms with E-state index in [4.69, 9.17) is 4.74 Å². The lowest BCUT2D eigenvalue weighted by Crippen LogP contribution is -2.34. The van der Waals surface area contributed by atoms with E-state index in [1.54, 1.807) is 25.3 Å². The molecule has 1 unspecified atom stereocenters. The number of Topliss-reactive ketones (excluding diaryl/α,β-unsaturated/α-hetero) is 1. The van der Waals surface area contributed by atoms with Gasteiger partial charge in [-0.15, -0.1) is 0 Å². The van der Waals surface area contributed by atoms with Crippen LogP contribution >= 0.6 is 0 Å². The second kappa shape index (κ2) is 8.40. The minimum absolute atomic E-state index is 0.0928. The van der Waals surface area contributed by atoms with Crippen LogP contribution in [0.4, 0.5) is 0 Å². The molecule has 2 aromatic heterocycles. The number of fused-ring (bicyclic) bond motifs is 3. The Morgan fingerprint density at radius 3 is 2.80 bits per heavy atom. The number of carbonyl (C=O) groups is 2. The average Bonchev–Trinajstić information content (AvgIpc) is 3.11. The van der Waals surface area contributed by atoms with Crippen molar-refractivity contribution in [2.45, 2.75) is 38.8 Å². The summed E-state index contributed by atoms with van der Waals surface area (Å²) in [5.41, 5.74) is 4.32. The van der Waals surface area contributed by atoms with E-state index in [9.17, 15) is 9.59 Å². The van der Waals surface area contributed by atoms with Crippen LogP contribution in [0.25, 0.3) is 10.9 Å². The smallest absolute Gasteiger partial charge is 0.254 e. The SMILES string of the molecule is CCn1c2c(c3cc(C(=O)N(C)C(COC)c4ccccn4)ccc31)CCCC2=O. The third kappa shape index (κ3) is 3.41. The van der Waals surface area contributed by atoms with Crippen LogP contribution in [0, 0.1) is 0 Å². The van der Waals surface area contributed by atoms with Gasteiger partial charge < -0.3 is 14.2 Å². The number of amides is 1. The zero-order valence-electron chi connectivity index (χ0n) is 17.7. The van der Waals surface area contributed by atoms with E-state index in [-0.39, 0.29) is 17.7 Å². The van der Waals surface area contributed by atoms with Crippen LogP contribution < -0.4 is 0 Å². The number of aryl methyl sites for hydroxylation is 2. The van der Waals surface area contributed by atoms with E-state index >= 15 is 0 Å². The summed E-state index contributed by atoms with van der Waals surface area (Å²) in [7, 11) is 3.40. The lowest BCUT2D eigenvalue weighted by atomic mass is 9.94. The molecule has 0 N–H and O–H groups in total. The second-order valence-corrected chi connectivity index (χ2v) is 7.72. The van der Waals surface area contributed by atoms with Crippen LogP contribution in [0.5, 0.6) is 0 Å². The van der Waals surface area contributed by atoms with Crippen molar-refractivity contribution in [1.29, 1.82) is 0 Å². The molecule has 0 aliphatic heterocycles. The van der Waals surface area contributed by atoms with Crippen LogP contribution in [0.2, 0.25) is 0 Å². The molecule has 1 atom stereocenters. The predicted molar refractivity (Wildman–Crippen MR) is 116 cm³/mol. The van der Waals surface area contributed by atoms with Crippen molar-refractivity contribution in [2.24, 2.45) is 0 Å². The number of aromatic nitrogens is 2. The van der Waals surface area contributed by atoms with Gasteiger partial charge in [-0.3, -0.25) is 14.6 Å². The van der Waals surface area contributed by atoms with Crippen molar-refractivity contribution in [3.8, 4) is 0 Å². The topological polar surface area (TPSA) is 64.4 Å². The first-order valence-corrected chi connectivity index (χ1v) is 10.4. The average molecular weight is 405 g/mol. The third-order valence-corrected chi connectivity index (χ3v) is 5.97. The van der Waals surface area contributed by atoms with E-state index in [1.165, 1.54) is 0 Å². The van der Waals surface area contributed by atoms with Gasteiger partial charge in [0, 0.05) is 49.8 Å². The molecule has 156 valence electrons. The summed E-state index contributed by atoms with van der Waals surface area (Å²) in [5, 5.41) is 1.01. The standard InChI is InChI=1S/C24H27N3O3/c1-4-27-20-12-11-16(14-18(20)17-8-7-10-22(28)23(17)27)24(29)26(2)21(15-30-3)19-9-5-6-13-25-19/h5-6,9,11-14,21H,4,7-8,10,15H2,1-3H3. The molecule has 1 aromatic carbocycles. The first-order valence-electron chi connectivity index (χ1n) is 10.4. The normalized spacial score (nSPS) is 14.6. The Bertz CT molecular complexity index is 1090. The Kier molecular flexibility index (Phi) is 5.68. The molecule has 1 aliphatic carbocycles. The first kappa shape index (κ1) is 20.3. The van der Waals surface area contributed by atoms with Crippen molar-refractivity contribution in [1.82, 2.24) is 14.5 Å². The van der Waals surface area contributed by atoms with E-state index in [0.717, 1.165) is 47.2 Å². The van der Waals surface area contributed by atoms with Crippen molar-refractivity contribution < 1.29 is 14.3 Å². The van der Waals surface area contributed by atoms with Gasteiger partial charge in [0.15, 0.2) is 5.78 Å². The molecule has 0 bridgehead atoms. The Balaban J connectivity index is 1.74. The summed E-state index contributed by atoms with van der Waals surface area (Å²) >= 11 is 0. The predicted octanol–water partition coefficient (Wildman–Crippen LogP) is 4.03. The summed E-state index contributed by atoms with van der Waals surface area (Å²) in [6.07, 6.45) is 4.06. The molecule has 2 heterocycles. The van der Waals surface area contributed by atoms with Gasteiger partial charge in [0.2, 0.25) is 0 Å². The fraction of sp³-hybridized carbons (Fsp3) is 0.375. The van der Waals surface area contributed by atoms with Gasteiger partial charge in [0.25, 0.3) is 5.91 Å². The molecule has 1 amide bonds. The Morgan fingerprint density at radius 1 is 1.27 bits per heavy atom. The summed E-state index contributed by atoms with van der Waals surface area (Å²) in [6, 6.07) is 11.1. The summed E-state index contributed by atoms with van der Waals surface area (Å²) in [5.74, 6) is 0.111. The Hall–Kier alpha value is -2.99. The van der Waals surface area contributed by atoms with Crippen LogP contribution in [0.1, 0.15) is 57.9 Å². The highest BCUT2D eigenvalue weighted by Crippen LogP contribution is 2.33.